The van der Waals surface area contributed by atoms with E-state index in [0.29, 0.717) is 5.69 Å². The average Bonchev–Trinajstić information content (AvgIpc) is 3.34. The first-order valence-corrected chi connectivity index (χ1v) is 11.9. The van der Waals surface area contributed by atoms with E-state index in [4.69, 9.17) is 0 Å². The van der Waals surface area contributed by atoms with Crippen LogP contribution in [0.5, 0.6) is 0 Å². The molecule has 1 aliphatic carbocycles. The van der Waals surface area contributed by atoms with Gasteiger partial charge in [0.25, 0.3) is 0 Å². The van der Waals surface area contributed by atoms with Gasteiger partial charge >= 0.3 is 17.3 Å². The van der Waals surface area contributed by atoms with Gasteiger partial charge in [0.15, 0.2) is 0 Å². The van der Waals surface area contributed by atoms with E-state index in [1.807, 2.05) is 55.5 Å². The van der Waals surface area contributed by atoms with E-state index in [9.17, 15) is 19.5 Å². The predicted octanol–water partition coefficient (Wildman–Crippen LogP) is 4.18. The highest BCUT2D eigenvalue weighted by Gasteiger charge is 2.19. The average molecular weight is 475 g/mol. The van der Waals surface area contributed by atoms with Crippen LogP contribution in [0.2, 0.25) is 0 Å². The van der Waals surface area contributed by atoms with Gasteiger partial charge in [-0.1, -0.05) is 60.5 Å². The molecule has 1 fully saturated rings. The Morgan fingerprint density at radius 2 is 1.71 bits per heavy atom. The molecule has 2 aromatic carbocycles. The number of nitrogens with zero attached hydrogens (tertiary/aromatic N) is 3. The summed E-state index contributed by atoms with van der Waals surface area (Å²) in [5, 5.41) is 12.4. The zero-order valence-electron chi connectivity index (χ0n) is 20.0. The molecule has 35 heavy (non-hydrogen) atoms. The Morgan fingerprint density at radius 1 is 1.06 bits per heavy atom. The molecule has 8 nitrogen and oxygen atoms in total. The number of carboxylic acids is 1. The molecular formula is C27H30N4O4. The molecule has 0 aliphatic heterocycles. The fraction of sp³-hybridized carbons (Fsp3) is 0.333. The number of carbonyl (C=O) groups is 1. The van der Waals surface area contributed by atoms with Gasteiger partial charge in [-0.2, -0.15) is 4.98 Å². The third kappa shape index (κ3) is 5.95. The summed E-state index contributed by atoms with van der Waals surface area (Å²) in [5.74, 6) is -1.88. The maximum absolute atomic E-state index is 13.3. The Bertz CT molecular complexity index is 1340. The smallest absolute Gasteiger partial charge is 0.354 e. The zero-order chi connectivity index (χ0) is 24.9. The lowest BCUT2D eigenvalue weighted by Gasteiger charge is -2.17. The Morgan fingerprint density at radius 3 is 2.34 bits per heavy atom. The Labute approximate surface area is 203 Å². The molecule has 2 N–H and O–H groups in total. The number of benzene rings is 2. The highest BCUT2D eigenvalue weighted by molar-refractivity contribution is 5.69. The first-order chi connectivity index (χ1) is 16.8. The number of nitrogens with one attached hydrogen (secondary N) is 1. The Hall–Kier alpha value is -3.94. The van der Waals surface area contributed by atoms with E-state index in [0.717, 1.165) is 34.1 Å². The first kappa shape index (κ1) is 24.2. The monoisotopic (exact) mass is 474 g/mol. The summed E-state index contributed by atoms with van der Waals surface area (Å²) >= 11 is 0. The maximum Gasteiger partial charge on any atom is 0.354 e. The SMILES string of the molecule is Cc1ccc(Cn2c(Nc3ccc(C=C4CCCC4)cc3)nc(=O)n(C[C@H](C)C(=O)O)c2=O)cc1. The van der Waals surface area contributed by atoms with Crippen molar-refractivity contribution in [1.82, 2.24) is 14.1 Å². The first-order valence-electron chi connectivity index (χ1n) is 11.9. The van der Waals surface area contributed by atoms with Crippen LogP contribution < -0.4 is 16.7 Å². The van der Waals surface area contributed by atoms with Gasteiger partial charge in [0.1, 0.15) is 0 Å². The van der Waals surface area contributed by atoms with Gasteiger partial charge in [0.05, 0.1) is 12.5 Å². The summed E-state index contributed by atoms with van der Waals surface area (Å²) in [6.45, 7) is 3.36. The van der Waals surface area contributed by atoms with Crippen molar-refractivity contribution in [2.24, 2.45) is 5.92 Å². The normalized spacial score (nSPS) is 14.1. The second-order valence-corrected chi connectivity index (χ2v) is 9.18. The molecule has 3 aromatic rings. The van der Waals surface area contributed by atoms with Crippen molar-refractivity contribution in [3.05, 3.63) is 91.8 Å². The summed E-state index contributed by atoms with van der Waals surface area (Å²) < 4.78 is 2.25. The van der Waals surface area contributed by atoms with Crippen LogP contribution in [0.15, 0.2) is 63.7 Å². The minimum atomic E-state index is -1.09. The van der Waals surface area contributed by atoms with Crippen LogP contribution in [-0.4, -0.2) is 25.2 Å². The van der Waals surface area contributed by atoms with Crippen LogP contribution in [0.1, 0.15) is 49.3 Å². The lowest BCUT2D eigenvalue weighted by molar-refractivity contribution is -0.141. The number of rotatable bonds is 8. The highest BCUT2D eigenvalue weighted by Crippen LogP contribution is 2.26. The largest absolute Gasteiger partial charge is 0.481 e. The van der Waals surface area contributed by atoms with Crippen molar-refractivity contribution in [2.75, 3.05) is 5.32 Å². The van der Waals surface area contributed by atoms with Gasteiger partial charge in [0.2, 0.25) is 5.95 Å². The van der Waals surface area contributed by atoms with Crippen LogP contribution in [0, 0.1) is 12.8 Å². The molecule has 8 heteroatoms. The standard InChI is InChI=1S/C27H30N4O4/c1-18-7-9-22(10-8-18)17-30-25(29-26(34)31(27(30)35)16-19(2)24(32)33)28-23-13-11-21(12-14-23)15-20-5-3-4-6-20/h7-15,19H,3-6,16-17H2,1-2H3,(H,32,33)(H,28,29,34)/t19-/m0/s1. The number of aromatic nitrogens is 3. The molecule has 1 atom stereocenters. The molecule has 1 aliphatic rings. The number of aliphatic carboxylic acids is 1. The number of anilines is 2. The van der Waals surface area contributed by atoms with Crippen molar-refractivity contribution in [2.45, 2.75) is 52.6 Å². The molecule has 4 rings (SSSR count). The molecule has 0 amide bonds. The molecule has 0 unspecified atom stereocenters. The quantitative estimate of drug-likeness (QED) is 0.507. The highest BCUT2D eigenvalue weighted by atomic mass is 16.4. The van der Waals surface area contributed by atoms with Gasteiger partial charge in [-0.25, -0.2) is 14.2 Å². The summed E-state index contributed by atoms with van der Waals surface area (Å²) in [6, 6.07) is 15.5. The molecule has 0 radical (unpaired) electrons. The summed E-state index contributed by atoms with van der Waals surface area (Å²) in [6.07, 6.45) is 6.99. The molecule has 1 heterocycles. The summed E-state index contributed by atoms with van der Waals surface area (Å²) in [4.78, 5) is 41.5. The fourth-order valence-corrected chi connectivity index (χ4v) is 4.15. The third-order valence-corrected chi connectivity index (χ3v) is 6.27. The van der Waals surface area contributed by atoms with E-state index in [-0.39, 0.29) is 19.0 Å². The Kier molecular flexibility index (Phi) is 7.29. The van der Waals surface area contributed by atoms with E-state index in [2.05, 4.69) is 16.4 Å². The Balaban J connectivity index is 1.68. The van der Waals surface area contributed by atoms with E-state index in [1.54, 1.807) is 0 Å². The molecule has 0 saturated heterocycles. The molecule has 0 spiro atoms. The van der Waals surface area contributed by atoms with Crippen LogP contribution >= 0.6 is 0 Å². The van der Waals surface area contributed by atoms with Gasteiger partial charge in [-0.05, 0) is 55.9 Å². The van der Waals surface area contributed by atoms with Crippen molar-refractivity contribution >= 4 is 23.7 Å². The number of hydrogen-bond acceptors (Lipinski definition) is 5. The minimum Gasteiger partial charge on any atom is -0.481 e. The van der Waals surface area contributed by atoms with Crippen LogP contribution in [0.3, 0.4) is 0 Å². The van der Waals surface area contributed by atoms with E-state index in [1.165, 1.54) is 29.9 Å². The second-order valence-electron chi connectivity index (χ2n) is 9.18. The molecular weight excluding hydrogens is 444 g/mol. The molecule has 0 bridgehead atoms. The number of hydrogen-bond donors (Lipinski definition) is 2. The molecule has 1 saturated carbocycles. The minimum absolute atomic E-state index is 0.113. The van der Waals surface area contributed by atoms with E-state index >= 15 is 0 Å². The lowest BCUT2D eigenvalue weighted by Crippen LogP contribution is -2.44. The van der Waals surface area contributed by atoms with Gasteiger partial charge < -0.3 is 10.4 Å². The molecule has 1 aromatic heterocycles. The second kappa shape index (κ2) is 10.5. The van der Waals surface area contributed by atoms with Crippen LogP contribution in [0.4, 0.5) is 11.6 Å². The van der Waals surface area contributed by atoms with Crippen molar-refractivity contribution in [3.63, 3.8) is 0 Å². The number of aryl methyl sites for hydroxylation is 1. The van der Waals surface area contributed by atoms with Crippen LogP contribution in [0.25, 0.3) is 6.08 Å². The summed E-state index contributed by atoms with van der Waals surface area (Å²) in [5.41, 5.74) is 3.81. The number of allylic oxidation sites excluding steroid dienone is 1. The number of carboxylic acid groups (broad SMARTS) is 1. The third-order valence-electron chi connectivity index (χ3n) is 6.27. The predicted molar refractivity (Wildman–Crippen MR) is 136 cm³/mol. The van der Waals surface area contributed by atoms with E-state index < -0.39 is 23.3 Å². The lowest BCUT2D eigenvalue weighted by atomic mass is 10.1. The van der Waals surface area contributed by atoms with Gasteiger partial charge in [-0.15, -0.1) is 0 Å². The summed E-state index contributed by atoms with van der Waals surface area (Å²) in [7, 11) is 0. The van der Waals surface area contributed by atoms with Crippen LogP contribution in [-0.2, 0) is 17.9 Å². The van der Waals surface area contributed by atoms with Crippen molar-refractivity contribution in [3.8, 4) is 0 Å². The fourth-order valence-electron chi connectivity index (χ4n) is 4.15. The van der Waals surface area contributed by atoms with Crippen molar-refractivity contribution < 1.29 is 9.90 Å². The van der Waals surface area contributed by atoms with Gasteiger partial charge in [-0.3, -0.25) is 9.36 Å². The maximum atomic E-state index is 13.3. The zero-order valence-corrected chi connectivity index (χ0v) is 20.0. The van der Waals surface area contributed by atoms with Crippen molar-refractivity contribution in [1.29, 1.82) is 0 Å². The van der Waals surface area contributed by atoms with Gasteiger partial charge in [0, 0.05) is 12.2 Å². The molecule has 182 valence electrons. The topological polar surface area (TPSA) is 106 Å².